The molecule has 0 aliphatic carbocycles. The number of nitrogen functional groups attached to an aromatic ring is 1. The SMILES string of the molecule is CCC(=O)NCc1cccc(-c2csc(N)n2)n1. The molecule has 0 spiro atoms. The van der Waals surface area contributed by atoms with Gasteiger partial charge in [-0.3, -0.25) is 4.79 Å². The Labute approximate surface area is 109 Å². The summed E-state index contributed by atoms with van der Waals surface area (Å²) in [5.74, 6) is 0.0140. The second-order valence-electron chi connectivity index (χ2n) is 3.72. The first-order valence-corrected chi connectivity index (χ1v) is 6.51. The minimum absolute atomic E-state index is 0.0140. The number of hydrogen-bond acceptors (Lipinski definition) is 5. The molecule has 0 saturated heterocycles. The van der Waals surface area contributed by atoms with Crippen molar-refractivity contribution in [3.05, 3.63) is 29.3 Å². The van der Waals surface area contributed by atoms with Crippen molar-refractivity contribution in [2.24, 2.45) is 0 Å². The third kappa shape index (κ3) is 3.04. The zero-order chi connectivity index (χ0) is 13.0. The van der Waals surface area contributed by atoms with Crippen LogP contribution in [0.1, 0.15) is 19.0 Å². The van der Waals surface area contributed by atoms with E-state index in [0.717, 1.165) is 17.1 Å². The first-order valence-electron chi connectivity index (χ1n) is 5.63. The van der Waals surface area contributed by atoms with Crippen molar-refractivity contribution in [1.29, 1.82) is 0 Å². The summed E-state index contributed by atoms with van der Waals surface area (Å²) in [4.78, 5) is 19.8. The Morgan fingerprint density at radius 2 is 2.22 bits per heavy atom. The highest BCUT2D eigenvalue weighted by Crippen LogP contribution is 2.21. The summed E-state index contributed by atoms with van der Waals surface area (Å²) >= 11 is 1.38. The number of amides is 1. The molecular weight excluding hydrogens is 248 g/mol. The zero-order valence-electron chi connectivity index (χ0n) is 10.0. The van der Waals surface area contributed by atoms with E-state index < -0.39 is 0 Å². The minimum Gasteiger partial charge on any atom is -0.375 e. The van der Waals surface area contributed by atoms with Crippen molar-refractivity contribution in [2.45, 2.75) is 19.9 Å². The smallest absolute Gasteiger partial charge is 0.220 e. The van der Waals surface area contributed by atoms with Crippen LogP contribution in [0.15, 0.2) is 23.6 Å². The van der Waals surface area contributed by atoms with Crippen molar-refractivity contribution < 1.29 is 4.79 Å². The molecule has 0 aliphatic rings. The highest BCUT2D eigenvalue weighted by molar-refractivity contribution is 7.13. The average Bonchev–Trinajstić information content (AvgIpc) is 2.83. The first kappa shape index (κ1) is 12.5. The molecule has 0 saturated carbocycles. The Bertz CT molecular complexity index is 553. The lowest BCUT2D eigenvalue weighted by Crippen LogP contribution is -2.22. The van der Waals surface area contributed by atoms with Gasteiger partial charge in [-0.15, -0.1) is 11.3 Å². The number of thiazole rings is 1. The van der Waals surface area contributed by atoms with E-state index in [2.05, 4.69) is 15.3 Å². The maximum atomic E-state index is 11.2. The Balaban J connectivity index is 2.12. The summed E-state index contributed by atoms with van der Waals surface area (Å²) < 4.78 is 0. The molecule has 1 amide bonds. The van der Waals surface area contributed by atoms with Gasteiger partial charge in [0.1, 0.15) is 5.69 Å². The number of nitrogens with two attached hydrogens (primary N) is 1. The number of anilines is 1. The van der Waals surface area contributed by atoms with Crippen molar-refractivity contribution in [2.75, 3.05) is 5.73 Å². The van der Waals surface area contributed by atoms with E-state index in [9.17, 15) is 4.79 Å². The maximum Gasteiger partial charge on any atom is 0.220 e. The van der Waals surface area contributed by atoms with Crippen LogP contribution in [0.25, 0.3) is 11.4 Å². The summed E-state index contributed by atoms with van der Waals surface area (Å²) in [7, 11) is 0. The Kier molecular flexibility index (Phi) is 3.88. The molecule has 18 heavy (non-hydrogen) atoms. The Morgan fingerprint density at radius 3 is 2.89 bits per heavy atom. The topological polar surface area (TPSA) is 80.9 Å². The van der Waals surface area contributed by atoms with Crippen molar-refractivity contribution in [3.63, 3.8) is 0 Å². The van der Waals surface area contributed by atoms with Crippen LogP contribution in [0.2, 0.25) is 0 Å². The average molecular weight is 262 g/mol. The number of hydrogen-bond donors (Lipinski definition) is 2. The van der Waals surface area contributed by atoms with Crippen LogP contribution in [-0.4, -0.2) is 15.9 Å². The summed E-state index contributed by atoms with van der Waals surface area (Å²) in [5, 5.41) is 5.18. The first-order chi connectivity index (χ1) is 8.69. The number of nitrogens with zero attached hydrogens (tertiary/aromatic N) is 2. The normalized spacial score (nSPS) is 10.3. The second kappa shape index (κ2) is 5.59. The molecule has 0 radical (unpaired) electrons. The Morgan fingerprint density at radius 1 is 1.39 bits per heavy atom. The van der Waals surface area contributed by atoms with Gasteiger partial charge in [0.05, 0.1) is 17.9 Å². The number of rotatable bonds is 4. The molecule has 5 nitrogen and oxygen atoms in total. The number of pyridine rings is 1. The van der Waals surface area contributed by atoms with Crippen LogP contribution in [0.4, 0.5) is 5.13 Å². The summed E-state index contributed by atoms with van der Waals surface area (Å²) in [6.07, 6.45) is 0.475. The predicted molar refractivity (Wildman–Crippen MR) is 71.9 cm³/mol. The van der Waals surface area contributed by atoms with Gasteiger partial charge in [0, 0.05) is 11.8 Å². The highest BCUT2D eigenvalue weighted by atomic mass is 32.1. The fourth-order valence-electron chi connectivity index (χ4n) is 1.44. The van der Waals surface area contributed by atoms with Gasteiger partial charge in [0.2, 0.25) is 5.91 Å². The van der Waals surface area contributed by atoms with Gasteiger partial charge in [-0.1, -0.05) is 13.0 Å². The van der Waals surface area contributed by atoms with E-state index in [1.165, 1.54) is 11.3 Å². The molecule has 2 aromatic rings. The van der Waals surface area contributed by atoms with Crippen LogP contribution >= 0.6 is 11.3 Å². The number of carbonyl (C=O) groups is 1. The summed E-state index contributed by atoms with van der Waals surface area (Å²) in [6.45, 7) is 2.25. The van der Waals surface area contributed by atoms with Gasteiger partial charge in [-0.2, -0.15) is 0 Å². The summed E-state index contributed by atoms with van der Waals surface area (Å²) in [5.41, 5.74) is 7.93. The fraction of sp³-hybridized carbons (Fsp3) is 0.250. The van der Waals surface area contributed by atoms with Crippen molar-refractivity contribution in [1.82, 2.24) is 15.3 Å². The van der Waals surface area contributed by atoms with Gasteiger partial charge in [0.25, 0.3) is 0 Å². The molecule has 0 bridgehead atoms. The lowest BCUT2D eigenvalue weighted by atomic mass is 10.2. The second-order valence-corrected chi connectivity index (χ2v) is 4.61. The third-order valence-corrected chi connectivity index (χ3v) is 3.05. The molecule has 2 heterocycles. The zero-order valence-corrected chi connectivity index (χ0v) is 10.8. The maximum absolute atomic E-state index is 11.2. The molecule has 0 atom stereocenters. The lowest BCUT2D eigenvalue weighted by Gasteiger charge is -2.04. The van der Waals surface area contributed by atoms with Gasteiger partial charge < -0.3 is 11.1 Å². The van der Waals surface area contributed by atoms with E-state index in [-0.39, 0.29) is 5.91 Å². The molecule has 0 unspecified atom stereocenters. The third-order valence-electron chi connectivity index (χ3n) is 2.38. The monoisotopic (exact) mass is 262 g/mol. The van der Waals surface area contributed by atoms with Gasteiger partial charge in [-0.25, -0.2) is 9.97 Å². The predicted octanol–water partition coefficient (Wildman–Crippen LogP) is 1.81. The van der Waals surface area contributed by atoms with E-state index in [1.54, 1.807) is 0 Å². The molecule has 2 rings (SSSR count). The van der Waals surface area contributed by atoms with Crippen molar-refractivity contribution in [3.8, 4) is 11.4 Å². The minimum atomic E-state index is 0.0140. The molecule has 3 N–H and O–H groups in total. The van der Waals surface area contributed by atoms with Crippen molar-refractivity contribution >= 4 is 22.4 Å². The molecule has 6 heteroatoms. The Hall–Kier alpha value is -1.95. The van der Waals surface area contributed by atoms with Crippen LogP contribution in [0, 0.1) is 0 Å². The van der Waals surface area contributed by atoms with Gasteiger partial charge in [0.15, 0.2) is 5.13 Å². The lowest BCUT2D eigenvalue weighted by molar-refractivity contribution is -0.120. The van der Waals surface area contributed by atoms with E-state index in [0.29, 0.717) is 18.1 Å². The summed E-state index contributed by atoms with van der Waals surface area (Å²) in [6, 6.07) is 5.64. The quantitative estimate of drug-likeness (QED) is 0.880. The molecule has 2 aromatic heterocycles. The molecule has 0 aliphatic heterocycles. The number of carbonyl (C=O) groups excluding carboxylic acids is 1. The largest absolute Gasteiger partial charge is 0.375 e. The molecular formula is C12H14N4OS. The van der Waals surface area contributed by atoms with Crippen LogP contribution in [0.3, 0.4) is 0 Å². The fourth-order valence-corrected chi connectivity index (χ4v) is 2.00. The van der Waals surface area contributed by atoms with Crippen LogP contribution in [-0.2, 0) is 11.3 Å². The van der Waals surface area contributed by atoms with Gasteiger partial charge in [-0.05, 0) is 12.1 Å². The highest BCUT2D eigenvalue weighted by Gasteiger charge is 2.05. The standard InChI is InChI=1S/C12H14N4OS/c1-2-11(17)14-6-8-4-3-5-9(15-8)10-7-18-12(13)16-10/h3-5,7H,2,6H2,1H3,(H2,13,16)(H,14,17). The van der Waals surface area contributed by atoms with E-state index in [1.807, 2.05) is 30.5 Å². The number of nitrogens with one attached hydrogen (secondary N) is 1. The number of aromatic nitrogens is 2. The van der Waals surface area contributed by atoms with Crippen LogP contribution < -0.4 is 11.1 Å². The molecule has 0 aromatic carbocycles. The van der Waals surface area contributed by atoms with E-state index in [4.69, 9.17) is 5.73 Å². The molecule has 94 valence electrons. The van der Waals surface area contributed by atoms with E-state index >= 15 is 0 Å². The van der Waals surface area contributed by atoms with Gasteiger partial charge >= 0.3 is 0 Å². The molecule has 0 fully saturated rings. The van der Waals surface area contributed by atoms with Crippen LogP contribution in [0.5, 0.6) is 0 Å².